The van der Waals surface area contributed by atoms with Crippen LogP contribution in [0, 0.1) is 5.41 Å². The van der Waals surface area contributed by atoms with E-state index in [0.717, 1.165) is 25.5 Å². The predicted octanol–water partition coefficient (Wildman–Crippen LogP) is 2.56. The first kappa shape index (κ1) is 15.6. The standard InChI is InChI=1S/C13H26O3/c1-12(2,11-15)13(3,4)16-10-8-6-5-7-9-14/h9,15H,5-8,10-11H2,1-4H3. The van der Waals surface area contributed by atoms with Crippen LogP contribution in [-0.4, -0.2) is 30.2 Å². The molecule has 0 rings (SSSR count). The Labute approximate surface area is 99.2 Å². The highest BCUT2D eigenvalue weighted by Gasteiger charge is 2.37. The second-order valence-corrected chi connectivity index (χ2v) is 5.42. The third kappa shape index (κ3) is 5.08. The Morgan fingerprint density at radius 3 is 2.25 bits per heavy atom. The Kier molecular flexibility index (Phi) is 6.84. The molecule has 0 bridgehead atoms. The summed E-state index contributed by atoms with van der Waals surface area (Å²) >= 11 is 0. The summed E-state index contributed by atoms with van der Waals surface area (Å²) in [5, 5.41) is 9.28. The van der Waals surface area contributed by atoms with Gasteiger partial charge in [0.1, 0.15) is 6.29 Å². The topological polar surface area (TPSA) is 46.5 Å². The van der Waals surface area contributed by atoms with E-state index in [9.17, 15) is 9.90 Å². The van der Waals surface area contributed by atoms with Gasteiger partial charge in [0.25, 0.3) is 0 Å². The summed E-state index contributed by atoms with van der Waals surface area (Å²) in [6, 6.07) is 0. The molecule has 16 heavy (non-hydrogen) atoms. The first-order chi connectivity index (χ1) is 7.37. The van der Waals surface area contributed by atoms with Crippen molar-refractivity contribution in [3.8, 4) is 0 Å². The molecule has 0 atom stereocenters. The third-order valence-electron chi connectivity index (χ3n) is 3.45. The smallest absolute Gasteiger partial charge is 0.119 e. The van der Waals surface area contributed by atoms with Crippen LogP contribution in [0.5, 0.6) is 0 Å². The molecule has 1 N–H and O–H groups in total. The van der Waals surface area contributed by atoms with E-state index in [1.807, 2.05) is 27.7 Å². The summed E-state index contributed by atoms with van der Waals surface area (Å²) in [5.41, 5.74) is -0.567. The van der Waals surface area contributed by atoms with E-state index in [2.05, 4.69) is 0 Å². The Bertz CT molecular complexity index is 197. The zero-order valence-corrected chi connectivity index (χ0v) is 11.1. The second-order valence-electron chi connectivity index (χ2n) is 5.42. The van der Waals surface area contributed by atoms with Crippen molar-refractivity contribution in [1.29, 1.82) is 0 Å². The van der Waals surface area contributed by atoms with Gasteiger partial charge in [-0.1, -0.05) is 20.3 Å². The van der Waals surface area contributed by atoms with Crippen LogP contribution in [0.15, 0.2) is 0 Å². The van der Waals surface area contributed by atoms with Crippen molar-refractivity contribution in [2.45, 2.75) is 59.0 Å². The Balaban J connectivity index is 3.78. The SMILES string of the molecule is CC(C)(CO)C(C)(C)OCCCCCC=O. The fourth-order valence-electron chi connectivity index (χ4n) is 1.22. The molecule has 0 heterocycles. The number of hydrogen-bond acceptors (Lipinski definition) is 3. The lowest BCUT2D eigenvalue weighted by molar-refractivity contribution is -0.116. The summed E-state index contributed by atoms with van der Waals surface area (Å²) in [6.45, 7) is 8.82. The molecule has 0 aliphatic rings. The van der Waals surface area contributed by atoms with Gasteiger partial charge in [-0.3, -0.25) is 0 Å². The molecule has 0 fully saturated rings. The van der Waals surface area contributed by atoms with Gasteiger partial charge in [-0.2, -0.15) is 0 Å². The Morgan fingerprint density at radius 2 is 1.75 bits per heavy atom. The third-order valence-corrected chi connectivity index (χ3v) is 3.45. The quantitative estimate of drug-likeness (QED) is 0.489. The molecule has 0 saturated heterocycles. The monoisotopic (exact) mass is 230 g/mol. The van der Waals surface area contributed by atoms with Crippen LogP contribution in [-0.2, 0) is 9.53 Å². The minimum Gasteiger partial charge on any atom is -0.396 e. The van der Waals surface area contributed by atoms with E-state index in [-0.39, 0.29) is 17.6 Å². The van der Waals surface area contributed by atoms with Gasteiger partial charge in [0, 0.05) is 18.4 Å². The zero-order chi connectivity index (χ0) is 12.7. The van der Waals surface area contributed by atoms with E-state index < -0.39 is 0 Å². The fourth-order valence-corrected chi connectivity index (χ4v) is 1.22. The number of hydrogen-bond donors (Lipinski definition) is 1. The van der Waals surface area contributed by atoms with Crippen LogP contribution in [0.25, 0.3) is 0 Å². The molecule has 0 aromatic rings. The highest BCUT2D eigenvalue weighted by atomic mass is 16.5. The van der Waals surface area contributed by atoms with Crippen LogP contribution in [0.1, 0.15) is 53.4 Å². The van der Waals surface area contributed by atoms with Gasteiger partial charge in [0.15, 0.2) is 0 Å². The van der Waals surface area contributed by atoms with Crippen molar-refractivity contribution >= 4 is 6.29 Å². The molecular formula is C13H26O3. The Hall–Kier alpha value is -0.410. The number of aliphatic hydroxyl groups is 1. The minimum absolute atomic E-state index is 0.116. The summed E-state index contributed by atoms with van der Waals surface area (Å²) in [5.74, 6) is 0. The van der Waals surface area contributed by atoms with Crippen molar-refractivity contribution in [1.82, 2.24) is 0 Å². The van der Waals surface area contributed by atoms with Gasteiger partial charge in [0.05, 0.1) is 12.2 Å². The number of carbonyl (C=O) groups is 1. The highest BCUT2D eigenvalue weighted by Crippen LogP contribution is 2.33. The summed E-state index contributed by atoms with van der Waals surface area (Å²) in [4.78, 5) is 10.1. The van der Waals surface area contributed by atoms with Crippen LogP contribution >= 0.6 is 0 Å². The second kappa shape index (κ2) is 7.02. The number of unbranched alkanes of at least 4 members (excludes halogenated alkanes) is 3. The van der Waals surface area contributed by atoms with Crippen molar-refractivity contribution in [3.63, 3.8) is 0 Å². The van der Waals surface area contributed by atoms with Crippen molar-refractivity contribution in [2.75, 3.05) is 13.2 Å². The van der Waals surface area contributed by atoms with Gasteiger partial charge in [0.2, 0.25) is 0 Å². The maximum Gasteiger partial charge on any atom is 0.119 e. The van der Waals surface area contributed by atoms with Crippen LogP contribution in [0.3, 0.4) is 0 Å². The van der Waals surface area contributed by atoms with Gasteiger partial charge < -0.3 is 14.6 Å². The van der Waals surface area contributed by atoms with Crippen LogP contribution < -0.4 is 0 Å². The van der Waals surface area contributed by atoms with E-state index >= 15 is 0 Å². The van der Waals surface area contributed by atoms with Gasteiger partial charge in [-0.15, -0.1) is 0 Å². The number of carbonyl (C=O) groups excluding carboxylic acids is 1. The number of rotatable bonds is 9. The van der Waals surface area contributed by atoms with E-state index in [1.54, 1.807) is 0 Å². The summed E-state index contributed by atoms with van der Waals surface area (Å²) in [7, 11) is 0. The molecule has 0 unspecified atom stereocenters. The minimum atomic E-state index is -0.327. The average Bonchev–Trinajstić information content (AvgIpc) is 2.23. The lowest BCUT2D eigenvalue weighted by Crippen LogP contribution is -2.44. The number of aliphatic hydroxyl groups excluding tert-OH is 1. The van der Waals surface area contributed by atoms with Gasteiger partial charge >= 0.3 is 0 Å². The van der Waals surface area contributed by atoms with Crippen molar-refractivity contribution < 1.29 is 14.6 Å². The number of ether oxygens (including phenoxy) is 1. The highest BCUT2D eigenvalue weighted by molar-refractivity contribution is 5.48. The summed E-state index contributed by atoms with van der Waals surface area (Å²) < 4.78 is 5.82. The van der Waals surface area contributed by atoms with Gasteiger partial charge in [-0.25, -0.2) is 0 Å². The fraction of sp³-hybridized carbons (Fsp3) is 0.923. The zero-order valence-electron chi connectivity index (χ0n) is 11.1. The maximum atomic E-state index is 10.1. The van der Waals surface area contributed by atoms with E-state index in [4.69, 9.17) is 4.74 Å². The molecule has 0 aliphatic carbocycles. The molecular weight excluding hydrogens is 204 g/mol. The maximum absolute atomic E-state index is 10.1. The largest absolute Gasteiger partial charge is 0.396 e. The van der Waals surface area contributed by atoms with Gasteiger partial charge in [-0.05, 0) is 26.7 Å². The van der Waals surface area contributed by atoms with E-state index in [1.165, 1.54) is 0 Å². The first-order valence-electron chi connectivity index (χ1n) is 6.06. The van der Waals surface area contributed by atoms with Crippen LogP contribution in [0.4, 0.5) is 0 Å². The lowest BCUT2D eigenvalue weighted by atomic mass is 9.78. The first-order valence-corrected chi connectivity index (χ1v) is 6.06. The molecule has 0 aromatic carbocycles. The molecule has 0 aromatic heterocycles. The van der Waals surface area contributed by atoms with Crippen LogP contribution in [0.2, 0.25) is 0 Å². The number of aldehydes is 1. The molecule has 96 valence electrons. The molecule has 0 spiro atoms. The Morgan fingerprint density at radius 1 is 1.12 bits per heavy atom. The molecule has 0 saturated carbocycles. The molecule has 0 amide bonds. The lowest BCUT2D eigenvalue weighted by Gasteiger charge is -2.40. The summed E-state index contributed by atoms with van der Waals surface area (Å²) in [6.07, 6.45) is 4.54. The molecule has 3 nitrogen and oxygen atoms in total. The van der Waals surface area contributed by atoms with E-state index in [0.29, 0.717) is 13.0 Å². The predicted molar refractivity (Wildman–Crippen MR) is 65.4 cm³/mol. The molecule has 0 aliphatic heterocycles. The molecule has 0 radical (unpaired) electrons. The molecule has 3 heteroatoms. The van der Waals surface area contributed by atoms with Crippen molar-refractivity contribution in [3.05, 3.63) is 0 Å². The van der Waals surface area contributed by atoms with Crippen molar-refractivity contribution in [2.24, 2.45) is 5.41 Å². The normalized spacial score (nSPS) is 12.8. The average molecular weight is 230 g/mol.